The van der Waals surface area contributed by atoms with Gasteiger partial charge in [-0.1, -0.05) is 35.3 Å². The molecule has 2 aromatic carbocycles. The Morgan fingerprint density at radius 3 is 2.20 bits per heavy atom. The largest absolute Gasteiger partial charge is 0.350 e. The number of nitrogens with one attached hydrogen (secondary N) is 1. The van der Waals surface area contributed by atoms with Crippen molar-refractivity contribution in [2.75, 3.05) is 24.5 Å². The van der Waals surface area contributed by atoms with Gasteiger partial charge in [-0.25, -0.2) is 4.79 Å². The van der Waals surface area contributed by atoms with Crippen molar-refractivity contribution >= 4 is 40.8 Å². The van der Waals surface area contributed by atoms with Crippen molar-refractivity contribution in [3.8, 4) is 0 Å². The van der Waals surface area contributed by atoms with Crippen LogP contribution < -0.4 is 10.2 Å². The third-order valence-electron chi connectivity index (χ3n) is 3.97. The maximum atomic E-state index is 12.5. The first kappa shape index (κ1) is 17.6. The third kappa shape index (κ3) is 4.44. The molecule has 25 heavy (non-hydrogen) atoms. The monoisotopic (exact) mass is 377 g/mol. The molecule has 1 aliphatic heterocycles. The highest BCUT2D eigenvalue weighted by atomic mass is 35.5. The molecule has 3 rings (SSSR count). The van der Waals surface area contributed by atoms with E-state index < -0.39 is 0 Å². The molecule has 7 heteroatoms. The maximum Gasteiger partial charge on any atom is 0.325 e. The molecule has 0 radical (unpaired) electrons. The highest BCUT2D eigenvalue weighted by Crippen LogP contribution is 2.22. The summed E-state index contributed by atoms with van der Waals surface area (Å²) in [6, 6.07) is 14.2. The molecule has 1 fully saturated rings. The van der Waals surface area contributed by atoms with Gasteiger partial charge in [0.2, 0.25) is 5.91 Å². The number of anilines is 1. The lowest BCUT2D eigenvalue weighted by atomic mass is 10.2. The van der Waals surface area contributed by atoms with Crippen LogP contribution in [0.5, 0.6) is 0 Å². The predicted molar refractivity (Wildman–Crippen MR) is 99.1 cm³/mol. The molecule has 0 aromatic heterocycles. The standard InChI is InChI=1S/C18H17Cl2N3O2/c19-14-3-1-13(2-4-14)11-21-17(24)12-22-9-10-23(18(22)25)16-7-5-15(20)6-8-16/h1-8H,9-12H2,(H,21,24). The van der Waals surface area contributed by atoms with Gasteiger partial charge in [-0.2, -0.15) is 0 Å². The number of halogens is 2. The lowest BCUT2D eigenvalue weighted by Gasteiger charge is -2.18. The number of hydrogen-bond acceptors (Lipinski definition) is 2. The zero-order chi connectivity index (χ0) is 17.8. The fraction of sp³-hybridized carbons (Fsp3) is 0.222. The summed E-state index contributed by atoms with van der Waals surface area (Å²) in [5, 5.41) is 4.09. The van der Waals surface area contributed by atoms with E-state index in [1.807, 2.05) is 12.1 Å². The minimum Gasteiger partial charge on any atom is -0.350 e. The van der Waals surface area contributed by atoms with Crippen molar-refractivity contribution in [1.29, 1.82) is 0 Å². The fourth-order valence-electron chi connectivity index (χ4n) is 2.62. The van der Waals surface area contributed by atoms with E-state index in [1.54, 1.807) is 41.3 Å². The molecule has 0 bridgehead atoms. The first-order chi connectivity index (χ1) is 12.0. The summed E-state index contributed by atoms with van der Waals surface area (Å²) in [5.41, 5.74) is 1.73. The van der Waals surface area contributed by atoms with Crippen LogP contribution in [0.4, 0.5) is 10.5 Å². The van der Waals surface area contributed by atoms with Crippen LogP contribution in [-0.4, -0.2) is 36.5 Å². The van der Waals surface area contributed by atoms with Gasteiger partial charge in [-0.05, 0) is 42.0 Å². The van der Waals surface area contributed by atoms with Gasteiger partial charge >= 0.3 is 6.03 Å². The lowest BCUT2D eigenvalue weighted by molar-refractivity contribution is -0.121. The zero-order valence-electron chi connectivity index (χ0n) is 13.4. The van der Waals surface area contributed by atoms with Crippen LogP contribution in [0.2, 0.25) is 10.0 Å². The first-order valence-corrected chi connectivity index (χ1v) is 8.62. The molecule has 0 spiro atoms. The number of rotatable bonds is 5. The minimum absolute atomic E-state index is 0.0382. The first-order valence-electron chi connectivity index (χ1n) is 7.86. The minimum atomic E-state index is -0.193. The molecule has 0 atom stereocenters. The van der Waals surface area contributed by atoms with Crippen molar-refractivity contribution in [3.05, 3.63) is 64.1 Å². The number of carbonyl (C=O) groups excluding carboxylic acids is 2. The van der Waals surface area contributed by atoms with Crippen molar-refractivity contribution in [1.82, 2.24) is 10.2 Å². The molecular weight excluding hydrogens is 361 g/mol. The summed E-state index contributed by atoms with van der Waals surface area (Å²) in [6.07, 6.45) is 0. The van der Waals surface area contributed by atoms with E-state index in [4.69, 9.17) is 23.2 Å². The van der Waals surface area contributed by atoms with Gasteiger partial charge in [0.25, 0.3) is 0 Å². The average Bonchev–Trinajstić information content (AvgIpc) is 2.96. The number of nitrogens with zero attached hydrogens (tertiary/aromatic N) is 2. The molecule has 1 saturated heterocycles. The molecule has 1 heterocycles. The van der Waals surface area contributed by atoms with Gasteiger partial charge in [0.05, 0.1) is 0 Å². The number of urea groups is 1. The molecule has 130 valence electrons. The summed E-state index contributed by atoms with van der Waals surface area (Å²) in [5.74, 6) is -0.193. The smallest absolute Gasteiger partial charge is 0.325 e. The van der Waals surface area contributed by atoms with Gasteiger partial charge in [-0.15, -0.1) is 0 Å². The highest BCUT2D eigenvalue weighted by Gasteiger charge is 2.30. The molecule has 5 nitrogen and oxygen atoms in total. The lowest BCUT2D eigenvalue weighted by Crippen LogP contribution is -2.39. The van der Waals surface area contributed by atoms with Crippen LogP contribution in [0.1, 0.15) is 5.56 Å². The predicted octanol–water partition coefficient (Wildman–Crippen LogP) is 3.55. The van der Waals surface area contributed by atoms with Crippen molar-refractivity contribution in [2.45, 2.75) is 6.54 Å². The van der Waals surface area contributed by atoms with Gasteiger partial charge < -0.3 is 10.2 Å². The van der Waals surface area contributed by atoms with E-state index in [2.05, 4.69) is 5.32 Å². The second-order valence-electron chi connectivity index (χ2n) is 5.74. The van der Waals surface area contributed by atoms with Crippen LogP contribution in [0.3, 0.4) is 0 Å². The Morgan fingerprint density at radius 1 is 0.960 bits per heavy atom. The summed E-state index contributed by atoms with van der Waals surface area (Å²) < 4.78 is 0. The van der Waals surface area contributed by atoms with E-state index in [9.17, 15) is 9.59 Å². The summed E-state index contributed by atoms with van der Waals surface area (Å²) >= 11 is 11.7. The van der Waals surface area contributed by atoms with Crippen molar-refractivity contribution < 1.29 is 9.59 Å². The van der Waals surface area contributed by atoms with Crippen molar-refractivity contribution in [3.63, 3.8) is 0 Å². The topological polar surface area (TPSA) is 52.7 Å². The quantitative estimate of drug-likeness (QED) is 0.865. The number of benzene rings is 2. The van der Waals surface area contributed by atoms with E-state index in [-0.39, 0.29) is 18.5 Å². The Hall–Kier alpha value is -2.24. The third-order valence-corrected chi connectivity index (χ3v) is 4.47. The van der Waals surface area contributed by atoms with Gasteiger partial charge in [0.15, 0.2) is 0 Å². The zero-order valence-corrected chi connectivity index (χ0v) is 14.9. The van der Waals surface area contributed by atoms with Crippen LogP contribution in [0, 0.1) is 0 Å². The second kappa shape index (κ2) is 7.76. The second-order valence-corrected chi connectivity index (χ2v) is 6.61. The van der Waals surface area contributed by atoms with Crippen LogP contribution in [0.15, 0.2) is 48.5 Å². The Bertz CT molecular complexity index is 763. The maximum absolute atomic E-state index is 12.5. The van der Waals surface area contributed by atoms with E-state index in [0.717, 1.165) is 11.3 Å². The summed E-state index contributed by atoms with van der Waals surface area (Å²) in [7, 11) is 0. The molecule has 3 amide bonds. The van der Waals surface area contributed by atoms with Gasteiger partial charge in [0, 0.05) is 35.4 Å². The summed E-state index contributed by atoms with van der Waals surface area (Å²) in [4.78, 5) is 27.7. The van der Waals surface area contributed by atoms with Crippen LogP contribution in [0.25, 0.3) is 0 Å². The molecule has 0 saturated carbocycles. The van der Waals surface area contributed by atoms with Gasteiger partial charge in [-0.3, -0.25) is 9.69 Å². The Balaban J connectivity index is 1.52. The molecule has 0 aliphatic carbocycles. The Kier molecular flexibility index (Phi) is 5.46. The number of carbonyl (C=O) groups is 2. The SMILES string of the molecule is O=C(CN1CCN(c2ccc(Cl)cc2)C1=O)NCc1ccc(Cl)cc1. The van der Waals surface area contributed by atoms with Crippen LogP contribution in [-0.2, 0) is 11.3 Å². The van der Waals surface area contributed by atoms with E-state index in [0.29, 0.717) is 29.7 Å². The normalized spacial score (nSPS) is 14.1. The molecular formula is C18H17Cl2N3O2. The number of amides is 3. The Labute approximate surface area is 156 Å². The van der Waals surface area contributed by atoms with Crippen LogP contribution >= 0.6 is 23.2 Å². The molecule has 1 aliphatic rings. The Morgan fingerprint density at radius 2 is 1.56 bits per heavy atom. The molecule has 2 aromatic rings. The van der Waals surface area contributed by atoms with Gasteiger partial charge in [0.1, 0.15) is 6.54 Å². The summed E-state index contributed by atoms with van der Waals surface area (Å²) in [6.45, 7) is 1.50. The fourth-order valence-corrected chi connectivity index (χ4v) is 2.87. The molecule has 0 unspecified atom stereocenters. The highest BCUT2D eigenvalue weighted by molar-refractivity contribution is 6.30. The van der Waals surface area contributed by atoms with Crippen molar-refractivity contribution in [2.24, 2.45) is 0 Å². The number of hydrogen-bond donors (Lipinski definition) is 1. The van der Waals surface area contributed by atoms with E-state index in [1.165, 1.54) is 4.90 Å². The average molecular weight is 378 g/mol. The molecule has 1 N–H and O–H groups in total. The van der Waals surface area contributed by atoms with E-state index >= 15 is 0 Å².